The molecule has 15 heavy (non-hydrogen) atoms. The van der Waals surface area contributed by atoms with E-state index in [9.17, 15) is 0 Å². The maximum atomic E-state index is 6.09. The van der Waals surface area contributed by atoms with Crippen LogP contribution in [-0.4, -0.2) is 5.60 Å². The maximum absolute atomic E-state index is 6.09. The zero-order valence-corrected chi connectivity index (χ0v) is 10.4. The second-order valence-corrected chi connectivity index (χ2v) is 5.30. The highest BCUT2D eigenvalue weighted by Gasteiger charge is 2.28. The maximum Gasteiger partial charge on any atom is 0.126 e. The van der Waals surface area contributed by atoms with E-state index in [0.29, 0.717) is 0 Å². The summed E-state index contributed by atoms with van der Waals surface area (Å²) in [6, 6.07) is 2.23. The minimum Gasteiger partial charge on any atom is -0.487 e. The zero-order valence-electron chi connectivity index (χ0n) is 10.4. The topological polar surface area (TPSA) is 9.23 Å². The summed E-state index contributed by atoms with van der Waals surface area (Å²) in [5.41, 5.74) is 5.49. The second kappa shape index (κ2) is 3.26. The minimum absolute atomic E-state index is 0.000538. The van der Waals surface area contributed by atoms with Crippen LogP contribution in [0.3, 0.4) is 0 Å². The van der Waals surface area contributed by atoms with Crippen LogP contribution in [0.2, 0.25) is 0 Å². The van der Waals surface area contributed by atoms with E-state index in [2.05, 4.69) is 40.7 Å². The summed E-state index contributed by atoms with van der Waals surface area (Å²) in [6.07, 6.45) is 2.26. The largest absolute Gasteiger partial charge is 0.487 e. The molecule has 1 heteroatoms. The Morgan fingerprint density at radius 1 is 1.13 bits per heavy atom. The van der Waals surface area contributed by atoms with E-state index < -0.39 is 0 Å². The summed E-state index contributed by atoms with van der Waals surface area (Å²) < 4.78 is 6.09. The van der Waals surface area contributed by atoms with E-state index in [-0.39, 0.29) is 5.60 Å². The summed E-state index contributed by atoms with van der Waals surface area (Å²) in [5.74, 6) is 1.13. The van der Waals surface area contributed by atoms with Gasteiger partial charge in [-0.1, -0.05) is 6.07 Å². The van der Waals surface area contributed by atoms with E-state index in [1.165, 1.54) is 22.3 Å². The highest BCUT2D eigenvalue weighted by Crippen LogP contribution is 2.38. The van der Waals surface area contributed by atoms with Gasteiger partial charge in [0.1, 0.15) is 11.4 Å². The van der Waals surface area contributed by atoms with Crippen LogP contribution in [0.5, 0.6) is 5.75 Å². The number of hydrogen-bond acceptors (Lipinski definition) is 1. The first kappa shape index (κ1) is 10.5. The lowest BCUT2D eigenvalue weighted by Gasteiger charge is -2.34. The summed E-state index contributed by atoms with van der Waals surface area (Å²) in [5, 5.41) is 0. The van der Waals surface area contributed by atoms with Crippen molar-refractivity contribution in [3.8, 4) is 5.75 Å². The van der Waals surface area contributed by atoms with Crippen LogP contribution in [0.15, 0.2) is 6.07 Å². The highest BCUT2D eigenvalue weighted by molar-refractivity contribution is 5.50. The Bertz CT molecular complexity index is 402. The Labute approximate surface area is 92.5 Å². The molecule has 1 nitrogen and oxygen atoms in total. The van der Waals surface area contributed by atoms with Crippen molar-refractivity contribution < 1.29 is 4.74 Å². The second-order valence-electron chi connectivity index (χ2n) is 5.30. The average Bonchev–Trinajstić information content (AvgIpc) is 2.13. The van der Waals surface area contributed by atoms with Gasteiger partial charge in [0.15, 0.2) is 0 Å². The molecule has 0 saturated carbocycles. The standard InChI is InChI=1S/C14H20O/c1-9-8-10(2)13-12(11(9)3)6-7-14(4,5)15-13/h8H,6-7H2,1-5H3. The van der Waals surface area contributed by atoms with Gasteiger partial charge >= 0.3 is 0 Å². The molecule has 0 aromatic heterocycles. The van der Waals surface area contributed by atoms with Crippen molar-refractivity contribution in [3.63, 3.8) is 0 Å². The summed E-state index contributed by atoms with van der Waals surface area (Å²) >= 11 is 0. The van der Waals surface area contributed by atoms with Crippen molar-refractivity contribution in [2.24, 2.45) is 0 Å². The van der Waals surface area contributed by atoms with E-state index >= 15 is 0 Å². The monoisotopic (exact) mass is 204 g/mol. The van der Waals surface area contributed by atoms with Gasteiger partial charge in [-0.15, -0.1) is 0 Å². The van der Waals surface area contributed by atoms with Crippen molar-refractivity contribution >= 4 is 0 Å². The molecule has 82 valence electrons. The van der Waals surface area contributed by atoms with Crippen LogP contribution >= 0.6 is 0 Å². The molecule has 1 aliphatic rings. The van der Waals surface area contributed by atoms with Crippen molar-refractivity contribution in [1.82, 2.24) is 0 Å². The Kier molecular flexibility index (Phi) is 2.29. The molecule has 0 radical (unpaired) electrons. The molecule has 1 heterocycles. The third-order valence-corrected chi connectivity index (χ3v) is 3.46. The predicted octanol–water partition coefficient (Wildman–Crippen LogP) is 3.72. The molecule has 0 atom stereocenters. The molecule has 2 rings (SSSR count). The Morgan fingerprint density at radius 3 is 2.47 bits per heavy atom. The lowest BCUT2D eigenvalue weighted by atomic mass is 9.88. The fourth-order valence-electron chi connectivity index (χ4n) is 2.34. The van der Waals surface area contributed by atoms with Crippen molar-refractivity contribution in [2.45, 2.75) is 53.1 Å². The fourth-order valence-corrected chi connectivity index (χ4v) is 2.34. The molecular weight excluding hydrogens is 184 g/mol. The molecule has 0 bridgehead atoms. The van der Waals surface area contributed by atoms with Gasteiger partial charge in [-0.25, -0.2) is 0 Å². The highest BCUT2D eigenvalue weighted by atomic mass is 16.5. The quantitative estimate of drug-likeness (QED) is 0.626. The van der Waals surface area contributed by atoms with Crippen LogP contribution in [-0.2, 0) is 6.42 Å². The van der Waals surface area contributed by atoms with Gasteiger partial charge in [-0.3, -0.25) is 0 Å². The fraction of sp³-hybridized carbons (Fsp3) is 0.571. The zero-order chi connectivity index (χ0) is 11.2. The molecule has 0 fully saturated rings. The summed E-state index contributed by atoms with van der Waals surface area (Å²) in [6.45, 7) is 10.9. The van der Waals surface area contributed by atoms with Crippen LogP contribution in [0, 0.1) is 20.8 Å². The molecule has 1 aliphatic heterocycles. The number of rotatable bonds is 0. The molecule has 1 aromatic rings. The number of ether oxygens (including phenoxy) is 1. The number of aryl methyl sites for hydroxylation is 2. The van der Waals surface area contributed by atoms with Gasteiger partial charge in [0.25, 0.3) is 0 Å². The first-order valence-corrected chi connectivity index (χ1v) is 5.69. The van der Waals surface area contributed by atoms with E-state index in [0.717, 1.165) is 18.6 Å². The van der Waals surface area contributed by atoms with Crippen molar-refractivity contribution in [2.75, 3.05) is 0 Å². The first-order chi connectivity index (χ1) is 6.91. The first-order valence-electron chi connectivity index (χ1n) is 5.69. The van der Waals surface area contributed by atoms with Crippen LogP contribution < -0.4 is 4.74 Å². The number of fused-ring (bicyclic) bond motifs is 1. The van der Waals surface area contributed by atoms with Gasteiger partial charge in [0.05, 0.1) is 0 Å². The predicted molar refractivity (Wildman–Crippen MR) is 63.7 cm³/mol. The van der Waals surface area contributed by atoms with Crippen molar-refractivity contribution in [3.05, 3.63) is 28.3 Å². The van der Waals surface area contributed by atoms with Crippen LogP contribution in [0.25, 0.3) is 0 Å². The average molecular weight is 204 g/mol. The Hall–Kier alpha value is -0.980. The molecule has 0 saturated heterocycles. The lowest BCUT2D eigenvalue weighted by molar-refractivity contribution is 0.0834. The van der Waals surface area contributed by atoms with E-state index in [1.54, 1.807) is 0 Å². The smallest absolute Gasteiger partial charge is 0.126 e. The van der Waals surface area contributed by atoms with E-state index in [1.807, 2.05) is 0 Å². The van der Waals surface area contributed by atoms with Gasteiger partial charge < -0.3 is 4.74 Å². The van der Waals surface area contributed by atoms with Gasteiger partial charge in [-0.2, -0.15) is 0 Å². The summed E-state index contributed by atoms with van der Waals surface area (Å²) in [7, 11) is 0. The summed E-state index contributed by atoms with van der Waals surface area (Å²) in [4.78, 5) is 0. The molecule has 1 aromatic carbocycles. The third-order valence-electron chi connectivity index (χ3n) is 3.46. The Morgan fingerprint density at radius 2 is 1.80 bits per heavy atom. The SMILES string of the molecule is Cc1cc(C)c2c(c1C)CCC(C)(C)O2. The third kappa shape index (κ3) is 1.75. The van der Waals surface area contributed by atoms with Crippen LogP contribution in [0.1, 0.15) is 42.5 Å². The number of benzene rings is 1. The molecule has 0 amide bonds. The van der Waals surface area contributed by atoms with E-state index in [4.69, 9.17) is 4.74 Å². The normalized spacial score (nSPS) is 18.2. The van der Waals surface area contributed by atoms with Gasteiger partial charge in [-0.05, 0) is 69.7 Å². The minimum atomic E-state index is -0.000538. The molecule has 0 spiro atoms. The molecule has 0 unspecified atom stereocenters. The van der Waals surface area contributed by atoms with Crippen LogP contribution in [0.4, 0.5) is 0 Å². The molecule has 0 aliphatic carbocycles. The van der Waals surface area contributed by atoms with Crippen molar-refractivity contribution in [1.29, 1.82) is 0 Å². The van der Waals surface area contributed by atoms with Gasteiger partial charge in [0, 0.05) is 0 Å². The molecule has 0 N–H and O–H groups in total. The molecular formula is C14H20O. The lowest BCUT2D eigenvalue weighted by Crippen LogP contribution is -2.33. The number of hydrogen-bond donors (Lipinski definition) is 0. The Balaban J connectivity index is 2.56. The van der Waals surface area contributed by atoms with Gasteiger partial charge in [0.2, 0.25) is 0 Å².